The highest BCUT2D eigenvalue weighted by Gasteiger charge is 2.28. The first-order valence-corrected chi connectivity index (χ1v) is 7.99. The van der Waals surface area contributed by atoms with Crippen molar-refractivity contribution in [3.05, 3.63) is 0 Å². The second-order valence-electron chi connectivity index (χ2n) is 7.03. The Morgan fingerprint density at radius 3 is 2.33 bits per heavy atom. The topological polar surface area (TPSA) is 69.6 Å². The summed E-state index contributed by atoms with van der Waals surface area (Å²) in [5, 5.41) is 12.8. The third kappa shape index (κ3) is 5.65. The normalized spacial score (nSPS) is 18.4. The van der Waals surface area contributed by atoms with E-state index >= 15 is 0 Å². The number of likely N-dealkylation sites (tertiary alicyclic amines) is 1. The zero-order valence-corrected chi connectivity index (χ0v) is 13.8. The molecule has 1 rings (SSSR count). The van der Waals surface area contributed by atoms with Gasteiger partial charge in [0.25, 0.3) is 0 Å². The fraction of sp³-hybridized carbons (Fsp3) is 0.875. The van der Waals surface area contributed by atoms with E-state index in [0.29, 0.717) is 32.4 Å². The summed E-state index contributed by atoms with van der Waals surface area (Å²) in [6.07, 6.45) is 2.34. The van der Waals surface area contributed by atoms with E-state index in [1.807, 2.05) is 32.6 Å². The van der Waals surface area contributed by atoms with Crippen LogP contribution in [0.5, 0.6) is 0 Å². The summed E-state index contributed by atoms with van der Waals surface area (Å²) in [5.74, 6) is 0.156. The lowest BCUT2D eigenvalue weighted by Crippen LogP contribution is -2.45. The number of hydrogen-bond donors (Lipinski definition) is 2. The van der Waals surface area contributed by atoms with E-state index in [-0.39, 0.29) is 29.7 Å². The SMILES string of the molecule is CCCC(=O)N1CCC(C(=O)NCC(O)C(C)(C)C)CC1. The van der Waals surface area contributed by atoms with Crippen molar-refractivity contribution < 1.29 is 14.7 Å². The second-order valence-corrected chi connectivity index (χ2v) is 7.03. The van der Waals surface area contributed by atoms with Crippen molar-refractivity contribution in [1.82, 2.24) is 10.2 Å². The largest absolute Gasteiger partial charge is 0.391 e. The van der Waals surface area contributed by atoms with Crippen molar-refractivity contribution in [1.29, 1.82) is 0 Å². The van der Waals surface area contributed by atoms with Crippen LogP contribution in [-0.2, 0) is 9.59 Å². The van der Waals surface area contributed by atoms with E-state index in [9.17, 15) is 14.7 Å². The summed E-state index contributed by atoms with van der Waals surface area (Å²) < 4.78 is 0. The Kier molecular flexibility index (Phi) is 6.65. The van der Waals surface area contributed by atoms with E-state index in [1.165, 1.54) is 0 Å². The minimum Gasteiger partial charge on any atom is -0.391 e. The zero-order valence-electron chi connectivity index (χ0n) is 13.8. The number of piperidine rings is 1. The average molecular weight is 298 g/mol. The number of aliphatic hydroxyl groups excluding tert-OH is 1. The summed E-state index contributed by atoms with van der Waals surface area (Å²) in [4.78, 5) is 25.8. The molecule has 2 amide bonds. The van der Waals surface area contributed by atoms with Gasteiger partial charge in [-0.2, -0.15) is 0 Å². The molecule has 2 N–H and O–H groups in total. The number of rotatable bonds is 5. The number of carbonyl (C=O) groups is 2. The molecule has 1 aliphatic heterocycles. The van der Waals surface area contributed by atoms with E-state index < -0.39 is 6.10 Å². The molecule has 1 unspecified atom stereocenters. The predicted octanol–water partition coefficient (Wildman–Crippen LogP) is 1.55. The molecule has 0 aromatic carbocycles. The molecule has 1 aliphatic rings. The average Bonchev–Trinajstić information content (AvgIpc) is 2.43. The Morgan fingerprint density at radius 1 is 1.29 bits per heavy atom. The van der Waals surface area contributed by atoms with Crippen LogP contribution in [0.1, 0.15) is 53.4 Å². The summed E-state index contributed by atoms with van der Waals surface area (Å²) >= 11 is 0. The van der Waals surface area contributed by atoms with E-state index in [2.05, 4.69) is 5.32 Å². The highest BCUT2D eigenvalue weighted by atomic mass is 16.3. The molecular weight excluding hydrogens is 268 g/mol. The van der Waals surface area contributed by atoms with Crippen molar-refractivity contribution in [2.45, 2.75) is 59.5 Å². The fourth-order valence-electron chi connectivity index (χ4n) is 2.41. The van der Waals surface area contributed by atoms with Crippen LogP contribution < -0.4 is 5.32 Å². The number of aliphatic hydroxyl groups is 1. The molecule has 1 fully saturated rings. The van der Waals surface area contributed by atoms with Crippen molar-refractivity contribution in [2.75, 3.05) is 19.6 Å². The van der Waals surface area contributed by atoms with Gasteiger partial charge in [0.1, 0.15) is 0 Å². The second kappa shape index (κ2) is 7.78. The van der Waals surface area contributed by atoms with Crippen LogP contribution in [0.3, 0.4) is 0 Å². The van der Waals surface area contributed by atoms with Gasteiger partial charge in [0.15, 0.2) is 0 Å². The number of nitrogens with zero attached hydrogens (tertiary/aromatic N) is 1. The van der Waals surface area contributed by atoms with Crippen LogP contribution >= 0.6 is 0 Å². The maximum absolute atomic E-state index is 12.1. The molecule has 1 atom stereocenters. The quantitative estimate of drug-likeness (QED) is 0.809. The van der Waals surface area contributed by atoms with Crippen molar-refractivity contribution in [3.63, 3.8) is 0 Å². The van der Waals surface area contributed by atoms with E-state index in [1.54, 1.807) is 0 Å². The maximum atomic E-state index is 12.1. The standard InChI is InChI=1S/C16H30N2O3/c1-5-6-14(20)18-9-7-12(8-10-18)15(21)17-11-13(19)16(2,3)4/h12-13,19H,5-11H2,1-4H3,(H,17,21). The van der Waals surface area contributed by atoms with E-state index in [0.717, 1.165) is 6.42 Å². The van der Waals surface area contributed by atoms with Crippen LogP contribution in [0, 0.1) is 11.3 Å². The molecule has 0 aromatic heterocycles. The third-order valence-corrected chi connectivity index (χ3v) is 4.15. The van der Waals surface area contributed by atoms with Crippen LogP contribution in [0.2, 0.25) is 0 Å². The molecule has 1 heterocycles. The molecule has 0 spiro atoms. The van der Waals surface area contributed by atoms with Crippen LogP contribution in [0.15, 0.2) is 0 Å². The van der Waals surface area contributed by atoms with Gasteiger partial charge in [0.05, 0.1) is 6.10 Å². The number of hydrogen-bond acceptors (Lipinski definition) is 3. The lowest BCUT2D eigenvalue weighted by Gasteiger charge is -2.32. The van der Waals surface area contributed by atoms with Gasteiger partial charge in [-0.3, -0.25) is 9.59 Å². The van der Waals surface area contributed by atoms with Crippen molar-refractivity contribution in [3.8, 4) is 0 Å². The lowest BCUT2D eigenvalue weighted by molar-refractivity contribution is -0.135. The first kappa shape index (κ1) is 18.0. The van der Waals surface area contributed by atoms with Crippen LogP contribution in [0.25, 0.3) is 0 Å². The summed E-state index contributed by atoms with van der Waals surface area (Å²) in [6, 6.07) is 0. The molecule has 0 bridgehead atoms. The highest BCUT2D eigenvalue weighted by molar-refractivity contribution is 5.80. The van der Waals surface area contributed by atoms with Crippen LogP contribution in [0.4, 0.5) is 0 Å². The molecule has 1 saturated heterocycles. The summed E-state index contributed by atoms with van der Waals surface area (Å²) in [5.41, 5.74) is -0.233. The van der Waals surface area contributed by atoms with Gasteiger partial charge in [-0.15, -0.1) is 0 Å². The lowest BCUT2D eigenvalue weighted by atomic mass is 9.89. The van der Waals surface area contributed by atoms with Gasteiger partial charge >= 0.3 is 0 Å². The molecule has 5 heteroatoms. The summed E-state index contributed by atoms with van der Waals surface area (Å²) in [7, 11) is 0. The van der Waals surface area contributed by atoms with E-state index in [4.69, 9.17) is 0 Å². The molecule has 21 heavy (non-hydrogen) atoms. The zero-order chi connectivity index (χ0) is 16.0. The summed E-state index contributed by atoms with van der Waals surface area (Å²) in [6.45, 7) is 9.46. The number of amides is 2. The monoisotopic (exact) mass is 298 g/mol. The van der Waals surface area contributed by atoms with Crippen molar-refractivity contribution in [2.24, 2.45) is 11.3 Å². The molecule has 0 radical (unpaired) electrons. The van der Waals surface area contributed by atoms with Gasteiger partial charge in [-0.25, -0.2) is 0 Å². The molecule has 0 aliphatic carbocycles. The predicted molar refractivity (Wildman–Crippen MR) is 82.7 cm³/mol. The number of nitrogens with one attached hydrogen (secondary N) is 1. The maximum Gasteiger partial charge on any atom is 0.223 e. The molecule has 5 nitrogen and oxygen atoms in total. The Labute approximate surface area is 128 Å². The van der Waals surface area contributed by atoms with Gasteiger partial charge in [0, 0.05) is 32.0 Å². The van der Waals surface area contributed by atoms with Gasteiger partial charge in [0.2, 0.25) is 11.8 Å². The minimum atomic E-state index is -0.548. The first-order chi connectivity index (χ1) is 9.75. The van der Waals surface area contributed by atoms with Gasteiger partial charge in [-0.1, -0.05) is 27.7 Å². The molecule has 0 aromatic rings. The van der Waals surface area contributed by atoms with Crippen molar-refractivity contribution >= 4 is 11.8 Å². The molecular formula is C16H30N2O3. The fourth-order valence-corrected chi connectivity index (χ4v) is 2.41. The van der Waals surface area contributed by atoms with Crippen LogP contribution in [-0.4, -0.2) is 47.6 Å². The first-order valence-electron chi connectivity index (χ1n) is 7.99. The smallest absolute Gasteiger partial charge is 0.223 e. The highest BCUT2D eigenvalue weighted by Crippen LogP contribution is 2.20. The van der Waals surface area contributed by atoms with Gasteiger partial charge in [-0.05, 0) is 24.7 Å². The third-order valence-electron chi connectivity index (χ3n) is 4.15. The number of carbonyl (C=O) groups excluding carboxylic acids is 2. The Bertz CT molecular complexity index is 355. The Morgan fingerprint density at radius 2 is 1.86 bits per heavy atom. The Hall–Kier alpha value is -1.10. The molecule has 0 saturated carbocycles. The molecule has 122 valence electrons. The van der Waals surface area contributed by atoms with Gasteiger partial charge < -0.3 is 15.3 Å². The Balaban J connectivity index is 2.34. The minimum absolute atomic E-state index is 0.000825.